The van der Waals surface area contributed by atoms with Crippen molar-refractivity contribution >= 4 is 11.8 Å². The molecule has 0 radical (unpaired) electrons. The highest BCUT2D eigenvalue weighted by Crippen LogP contribution is 2.17. The van der Waals surface area contributed by atoms with E-state index in [4.69, 9.17) is 0 Å². The summed E-state index contributed by atoms with van der Waals surface area (Å²) in [6.07, 6.45) is 7.03. The number of carbonyl (C=O) groups excluding carboxylic acids is 2. The first kappa shape index (κ1) is 16.0. The summed E-state index contributed by atoms with van der Waals surface area (Å²) in [6, 6.07) is -0.182. The minimum Gasteiger partial charge on any atom is -0.352 e. The second-order valence-electron chi connectivity index (χ2n) is 6.64. The highest BCUT2D eigenvalue weighted by atomic mass is 16.2. The minimum absolute atomic E-state index is 0.0653. The Labute approximate surface area is 116 Å². The molecule has 1 fully saturated rings. The molecule has 0 saturated heterocycles. The molecule has 4 nitrogen and oxygen atoms in total. The van der Waals surface area contributed by atoms with Crippen molar-refractivity contribution in [2.75, 3.05) is 0 Å². The van der Waals surface area contributed by atoms with Gasteiger partial charge in [-0.15, -0.1) is 0 Å². The number of nitrogens with one attached hydrogen (secondary N) is 2. The third-order valence-corrected chi connectivity index (χ3v) is 3.62. The fourth-order valence-corrected chi connectivity index (χ4v) is 2.23. The van der Waals surface area contributed by atoms with E-state index in [-0.39, 0.29) is 17.9 Å². The molecule has 0 spiro atoms. The molecule has 0 bridgehead atoms. The summed E-state index contributed by atoms with van der Waals surface area (Å²) in [7, 11) is 0. The van der Waals surface area contributed by atoms with E-state index in [1.54, 1.807) is 6.92 Å². The Morgan fingerprint density at radius 2 is 1.58 bits per heavy atom. The molecule has 2 N–H and O–H groups in total. The zero-order valence-electron chi connectivity index (χ0n) is 12.7. The molecule has 0 aliphatic heterocycles. The SMILES string of the molecule is C[C@H](NC(=O)C(C)(C)C)C(=O)NC1CCCCCC1. The quantitative estimate of drug-likeness (QED) is 0.772. The fourth-order valence-electron chi connectivity index (χ4n) is 2.23. The van der Waals surface area contributed by atoms with Crippen molar-refractivity contribution in [1.29, 1.82) is 0 Å². The van der Waals surface area contributed by atoms with Crippen LogP contribution in [0.1, 0.15) is 66.2 Å². The van der Waals surface area contributed by atoms with Crippen LogP contribution in [-0.4, -0.2) is 23.9 Å². The second-order valence-corrected chi connectivity index (χ2v) is 6.64. The van der Waals surface area contributed by atoms with E-state index in [1.165, 1.54) is 25.7 Å². The second kappa shape index (κ2) is 6.92. The van der Waals surface area contributed by atoms with Gasteiger partial charge in [0.15, 0.2) is 0 Å². The fraction of sp³-hybridized carbons (Fsp3) is 0.867. The highest BCUT2D eigenvalue weighted by molar-refractivity contribution is 5.89. The lowest BCUT2D eigenvalue weighted by Gasteiger charge is -2.23. The van der Waals surface area contributed by atoms with Crippen molar-refractivity contribution in [2.24, 2.45) is 5.41 Å². The van der Waals surface area contributed by atoms with Crippen LogP contribution in [0.2, 0.25) is 0 Å². The smallest absolute Gasteiger partial charge is 0.242 e. The van der Waals surface area contributed by atoms with E-state index >= 15 is 0 Å². The molecule has 4 heteroatoms. The monoisotopic (exact) mass is 268 g/mol. The topological polar surface area (TPSA) is 58.2 Å². The third kappa shape index (κ3) is 5.62. The summed E-state index contributed by atoms with van der Waals surface area (Å²) in [5.74, 6) is -0.152. The first-order valence-electron chi connectivity index (χ1n) is 7.42. The number of carbonyl (C=O) groups is 2. The van der Waals surface area contributed by atoms with Gasteiger partial charge in [0.2, 0.25) is 11.8 Å². The molecule has 1 aliphatic rings. The van der Waals surface area contributed by atoms with E-state index in [2.05, 4.69) is 10.6 Å². The number of amides is 2. The summed E-state index contributed by atoms with van der Waals surface area (Å²) in [5, 5.41) is 5.84. The van der Waals surface area contributed by atoms with Gasteiger partial charge in [0.1, 0.15) is 6.04 Å². The van der Waals surface area contributed by atoms with E-state index in [0.29, 0.717) is 0 Å². The Kier molecular flexibility index (Phi) is 5.83. The molecule has 110 valence electrons. The van der Waals surface area contributed by atoms with Crippen LogP contribution >= 0.6 is 0 Å². The van der Waals surface area contributed by atoms with Crippen LogP contribution in [0.4, 0.5) is 0 Å². The predicted molar refractivity (Wildman–Crippen MR) is 76.7 cm³/mol. The van der Waals surface area contributed by atoms with E-state index in [0.717, 1.165) is 12.8 Å². The largest absolute Gasteiger partial charge is 0.352 e. The summed E-state index contributed by atoms with van der Waals surface area (Å²) in [6.45, 7) is 7.28. The van der Waals surface area contributed by atoms with Gasteiger partial charge in [-0.3, -0.25) is 9.59 Å². The van der Waals surface area contributed by atoms with Gasteiger partial charge in [0, 0.05) is 11.5 Å². The van der Waals surface area contributed by atoms with Gasteiger partial charge in [-0.1, -0.05) is 46.5 Å². The molecule has 0 aromatic rings. The Morgan fingerprint density at radius 1 is 1.05 bits per heavy atom. The van der Waals surface area contributed by atoms with Gasteiger partial charge in [0.05, 0.1) is 0 Å². The molecular formula is C15H28N2O2. The predicted octanol–water partition coefficient (Wildman–Crippen LogP) is 2.38. The Balaban J connectivity index is 2.41. The molecule has 1 aliphatic carbocycles. The summed E-state index contributed by atoms with van der Waals surface area (Å²) >= 11 is 0. The van der Waals surface area contributed by atoms with Crippen molar-refractivity contribution in [3.8, 4) is 0 Å². The van der Waals surface area contributed by atoms with E-state index in [1.807, 2.05) is 20.8 Å². The van der Waals surface area contributed by atoms with Gasteiger partial charge in [-0.2, -0.15) is 0 Å². The molecule has 2 amide bonds. The lowest BCUT2D eigenvalue weighted by atomic mass is 9.95. The maximum atomic E-state index is 12.1. The molecule has 1 atom stereocenters. The molecule has 0 aromatic heterocycles. The third-order valence-electron chi connectivity index (χ3n) is 3.62. The Bertz CT molecular complexity index is 313. The average Bonchev–Trinajstić information content (AvgIpc) is 2.56. The van der Waals surface area contributed by atoms with Crippen LogP contribution in [0.3, 0.4) is 0 Å². The van der Waals surface area contributed by atoms with Gasteiger partial charge >= 0.3 is 0 Å². The van der Waals surface area contributed by atoms with Gasteiger partial charge in [-0.05, 0) is 19.8 Å². The molecule has 1 saturated carbocycles. The van der Waals surface area contributed by atoms with Crippen LogP contribution in [0.5, 0.6) is 0 Å². The summed E-state index contributed by atoms with van der Waals surface area (Å²) < 4.78 is 0. The zero-order chi connectivity index (χ0) is 14.5. The zero-order valence-corrected chi connectivity index (χ0v) is 12.7. The maximum absolute atomic E-state index is 12.1. The summed E-state index contributed by atoms with van der Waals surface area (Å²) in [5.41, 5.74) is -0.461. The average molecular weight is 268 g/mol. The lowest BCUT2D eigenvalue weighted by Crippen LogP contribution is -2.50. The molecule has 0 aromatic carbocycles. The number of hydrogen-bond donors (Lipinski definition) is 2. The van der Waals surface area contributed by atoms with Gasteiger partial charge in [0.25, 0.3) is 0 Å². The van der Waals surface area contributed by atoms with E-state index in [9.17, 15) is 9.59 Å². The van der Waals surface area contributed by atoms with Crippen LogP contribution in [0.15, 0.2) is 0 Å². The minimum atomic E-state index is -0.463. The van der Waals surface area contributed by atoms with Crippen LogP contribution < -0.4 is 10.6 Å². The molecular weight excluding hydrogens is 240 g/mol. The molecule has 0 heterocycles. The van der Waals surface area contributed by atoms with Crippen molar-refractivity contribution in [3.05, 3.63) is 0 Å². The molecule has 0 unspecified atom stereocenters. The lowest BCUT2D eigenvalue weighted by molar-refractivity contribution is -0.133. The van der Waals surface area contributed by atoms with Crippen molar-refractivity contribution < 1.29 is 9.59 Å². The summed E-state index contributed by atoms with van der Waals surface area (Å²) in [4.78, 5) is 23.9. The van der Waals surface area contributed by atoms with Crippen molar-refractivity contribution in [2.45, 2.75) is 78.3 Å². The Morgan fingerprint density at radius 3 is 2.05 bits per heavy atom. The normalized spacial score (nSPS) is 19.4. The number of rotatable bonds is 3. The first-order valence-corrected chi connectivity index (χ1v) is 7.42. The number of hydrogen-bond acceptors (Lipinski definition) is 2. The van der Waals surface area contributed by atoms with Gasteiger partial charge in [-0.25, -0.2) is 0 Å². The van der Waals surface area contributed by atoms with Crippen LogP contribution in [0.25, 0.3) is 0 Å². The molecule has 1 rings (SSSR count). The Hall–Kier alpha value is -1.06. The standard InChI is InChI=1S/C15H28N2O2/c1-11(16-14(19)15(2,3)4)13(18)17-12-9-7-5-6-8-10-12/h11-12H,5-10H2,1-4H3,(H,16,19)(H,17,18)/t11-/m0/s1. The molecule has 19 heavy (non-hydrogen) atoms. The van der Waals surface area contributed by atoms with Crippen molar-refractivity contribution in [3.63, 3.8) is 0 Å². The van der Waals surface area contributed by atoms with Crippen molar-refractivity contribution in [1.82, 2.24) is 10.6 Å². The maximum Gasteiger partial charge on any atom is 0.242 e. The van der Waals surface area contributed by atoms with Crippen LogP contribution in [0, 0.1) is 5.41 Å². The van der Waals surface area contributed by atoms with Crippen LogP contribution in [-0.2, 0) is 9.59 Å². The highest BCUT2D eigenvalue weighted by Gasteiger charge is 2.26. The first-order chi connectivity index (χ1) is 8.80. The van der Waals surface area contributed by atoms with Gasteiger partial charge < -0.3 is 10.6 Å². The van der Waals surface area contributed by atoms with E-state index < -0.39 is 11.5 Å².